The molecule has 1 aliphatic heterocycles. The molecule has 0 saturated heterocycles. The molecule has 20 heavy (non-hydrogen) atoms. The molecular formula is C15H18BrNO3. The van der Waals surface area contributed by atoms with Gasteiger partial charge in [-0.3, -0.25) is 0 Å². The summed E-state index contributed by atoms with van der Waals surface area (Å²) >= 11 is 3.44. The summed E-state index contributed by atoms with van der Waals surface area (Å²) in [5, 5.41) is 0. The number of ether oxygens (including phenoxy) is 2. The highest BCUT2D eigenvalue weighted by molar-refractivity contribution is 9.10. The Kier molecular flexibility index (Phi) is 3.50. The number of carbonyl (C=O) groups is 1. The van der Waals surface area contributed by atoms with Gasteiger partial charge in [0.25, 0.3) is 0 Å². The van der Waals surface area contributed by atoms with E-state index < -0.39 is 5.54 Å². The predicted molar refractivity (Wildman–Crippen MR) is 78.4 cm³/mol. The second-order valence-corrected chi connectivity index (χ2v) is 6.46. The Morgan fingerprint density at radius 2 is 2.20 bits per heavy atom. The molecule has 2 aliphatic rings. The average molecular weight is 340 g/mol. The second kappa shape index (κ2) is 5.04. The number of methoxy groups -OCH3 is 1. The highest BCUT2D eigenvalue weighted by atomic mass is 79.9. The normalized spacial score (nSPS) is 31.8. The second-order valence-electron chi connectivity index (χ2n) is 5.55. The van der Waals surface area contributed by atoms with Crippen LogP contribution in [0.4, 0.5) is 0 Å². The SMILES string of the molecule is COC(=O)C1(N)c2cc(Br)ccc2OC2CCCCC21. The summed E-state index contributed by atoms with van der Waals surface area (Å²) in [5.74, 6) is 0.298. The number of fused-ring (bicyclic) bond motifs is 2. The molecule has 3 unspecified atom stereocenters. The summed E-state index contributed by atoms with van der Waals surface area (Å²) in [6, 6.07) is 5.64. The number of carbonyl (C=O) groups excluding carboxylic acids is 1. The summed E-state index contributed by atoms with van der Waals surface area (Å²) in [5.41, 5.74) is 6.18. The Morgan fingerprint density at radius 3 is 2.95 bits per heavy atom. The Morgan fingerprint density at radius 1 is 1.45 bits per heavy atom. The largest absolute Gasteiger partial charge is 0.490 e. The van der Waals surface area contributed by atoms with Gasteiger partial charge in [-0.2, -0.15) is 0 Å². The van der Waals surface area contributed by atoms with Crippen molar-refractivity contribution in [3.63, 3.8) is 0 Å². The van der Waals surface area contributed by atoms with Crippen molar-refractivity contribution in [1.29, 1.82) is 0 Å². The van der Waals surface area contributed by atoms with Gasteiger partial charge in [0.2, 0.25) is 0 Å². The van der Waals surface area contributed by atoms with Gasteiger partial charge in [-0.05, 0) is 37.5 Å². The van der Waals surface area contributed by atoms with Crippen molar-refractivity contribution >= 4 is 21.9 Å². The molecule has 1 aliphatic carbocycles. The highest BCUT2D eigenvalue weighted by Gasteiger charge is 2.54. The first-order valence-corrected chi connectivity index (χ1v) is 7.70. The van der Waals surface area contributed by atoms with Gasteiger partial charge < -0.3 is 15.2 Å². The van der Waals surface area contributed by atoms with Gasteiger partial charge in [0.05, 0.1) is 7.11 Å². The molecule has 1 aromatic rings. The summed E-state index contributed by atoms with van der Waals surface area (Å²) < 4.78 is 12.0. The van der Waals surface area contributed by atoms with Crippen LogP contribution in [-0.4, -0.2) is 19.2 Å². The molecule has 1 saturated carbocycles. The maximum atomic E-state index is 12.4. The smallest absolute Gasteiger partial charge is 0.331 e. The number of benzene rings is 1. The van der Waals surface area contributed by atoms with Crippen molar-refractivity contribution in [2.45, 2.75) is 37.3 Å². The van der Waals surface area contributed by atoms with Crippen LogP contribution in [-0.2, 0) is 15.1 Å². The van der Waals surface area contributed by atoms with Gasteiger partial charge in [-0.1, -0.05) is 22.4 Å². The summed E-state index contributed by atoms with van der Waals surface area (Å²) in [7, 11) is 1.39. The van der Waals surface area contributed by atoms with E-state index in [1.807, 2.05) is 18.2 Å². The minimum absolute atomic E-state index is 0.00141. The van der Waals surface area contributed by atoms with Crippen molar-refractivity contribution < 1.29 is 14.3 Å². The Hall–Kier alpha value is -1.07. The zero-order chi connectivity index (χ0) is 14.3. The maximum Gasteiger partial charge on any atom is 0.331 e. The van der Waals surface area contributed by atoms with Crippen LogP contribution in [0.2, 0.25) is 0 Å². The molecular weight excluding hydrogens is 322 g/mol. The van der Waals surface area contributed by atoms with E-state index in [-0.39, 0.29) is 18.0 Å². The van der Waals surface area contributed by atoms with E-state index >= 15 is 0 Å². The number of rotatable bonds is 1. The molecule has 1 heterocycles. The van der Waals surface area contributed by atoms with E-state index in [2.05, 4.69) is 15.9 Å². The third-order valence-corrected chi connectivity index (χ3v) is 4.97. The summed E-state index contributed by atoms with van der Waals surface area (Å²) in [4.78, 5) is 12.4. The van der Waals surface area contributed by atoms with E-state index in [1.165, 1.54) is 7.11 Å². The van der Waals surface area contributed by atoms with E-state index in [0.717, 1.165) is 35.7 Å². The summed E-state index contributed by atoms with van der Waals surface area (Å²) in [6.45, 7) is 0. The molecule has 5 heteroatoms. The molecule has 0 amide bonds. The average Bonchev–Trinajstić information content (AvgIpc) is 2.47. The molecule has 1 aromatic carbocycles. The van der Waals surface area contributed by atoms with Crippen LogP contribution in [0, 0.1) is 5.92 Å². The third kappa shape index (κ3) is 1.95. The minimum atomic E-state index is -1.11. The van der Waals surface area contributed by atoms with Gasteiger partial charge in [-0.15, -0.1) is 0 Å². The number of nitrogens with two attached hydrogens (primary N) is 1. The number of hydrogen-bond donors (Lipinski definition) is 1. The molecule has 108 valence electrons. The third-order valence-electron chi connectivity index (χ3n) is 4.48. The van der Waals surface area contributed by atoms with E-state index in [1.54, 1.807) is 0 Å². The number of hydrogen-bond acceptors (Lipinski definition) is 4. The van der Waals surface area contributed by atoms with Crippen LogP contribution in [0.3, 0.4) is 0 Å². The maximum absolute atomic E-state index is 12.4. The predicted octanol–water partition coefficient (Wildman–Crippen LogP) is 2.73. The van der Waals surface area contributed by atoms with E-state index in [9.17, 15) is 4.79 Å². The molecule has 3 rings (SSSR count). The van der Waals surface area contributed by atoms with E-state index in [0.29, 0.717) is 5.75 Å². The van der Waals surface area contributed by atoms with Crippen molar-refractivity contribution in [2.75, 3.05) is 7.11 Å². The van der Waals surface area contributed by atoms with E-state index in [4.69, 9.17) is 15.2 Å². The molecule has 0 bridgehead atoms. The van der Waals surface area contributed by atoms with Gasteiger partial charge in [0, 0.05) is 16.0 Å². The standard InChI is InChI=1S/C15H18BrNO3/c1-19-14(18)15(17)10-4-2-3-5-12(10)20-13-7-6-9(16)8-11(13)15/h6-8,10,12H,2-5,17H2,1H3. The lowest BCUT2D eigenvalue weighted by Crippen LogP contribution is -2.59. The molecule has 0 spiro atoms. The fourth-order valence-corrected chi connectivity index (χ4v) is 3.84. The Labute approximate surface area is 126 Å². The van der Waals surface area contributed by atoms with Crippen molar-refractivity contribution in [2.24, 2.45) is 11.7 Å². The van der Waals surface area contributed by atoms with Crippen LogP contribution in [0.1, 0.15) is 31.2 Å². The Bertz CT molecular complexity index is 548. The molecule has 3 atom stereocenters. The molecule has 0 radical (unpaired) electrons. The van der Waals surface area contributed by atoms with Crippen LogP contribution in [0.25, 0.3) is 0 Å². The lowest BCUT2D eigenvalue weighted by molar-refractivity contribution is -0.154. The number of esters is 1. The van der Waals surface area contributed by atoms with Crippen LogP contribution in [0.15, 0.2) is 22.7 Å². The fraction of sp³-hybridized carbons (Fsp3) is 0.533. The quantitative estimate of drug-likeness (QED) is 0.799. The van der Waals surface area contributed by atoms with Crippen LogP contribution < -0.4 is 10.5 Å². The van der Waals surface area contributed by atoms with Crippen molar-refractivity contribution in [3.05, 3.63) is 28.2 Å². The topological polar surface area (TPSA) is 61.5 Å². The van der Waals surface area contributed by atoms with Gasteiger partial charge in [-0.25, -0.2) is 4.79 Å². The molecule has 4 nitrogen and oxygen atoms in total. The zero-order valence-electron chi connectivity index (χ0n) is 11.4. The fourth-order valence-electron chi connectivity index (χ4n) is 3.48. The first kappa shape index (κ1) is 13.9. The zero-order valence-corrected chi connectivity index (χ0v) is 13.0. The van der Waals surface area contributed by atoms with Gasteiger partial charge >= 0.3 is 5.97 Å². The van der Waals surface area contributed by atoms with Crippen LogP contribution in [0.5, 0.6) is 5.75 Å². The first-order chi connectivity index (χ1) is 9.57. The monoisotopic (exact) mass is 339 g/mol. The lowest BCUT2D eigenvalue weighted by Gasteiger charge is -2.46. The number of halogens is 1. The molecule has 0 aromatic heterocycles. The minimum Gasteiger partial charge on any atom is -0.490 e. The first-order valence-electron chi connectivity index (χ1n) is 6.91. The van der Waals surface area contributed by atoms with Crippen molar-refractivity contribution in [1.82, 2.24) is 0 Å². The van der Waals surface area contributed by atoms with Crippen molar-refractivity contribution in [3.8, 4) is 5.75 Å². The lowest BCUT2D eigenvalue weighted by atomic mass is 9.68. The molecule has 2 N–H and O–H groups in total. The molecule has 1 fully saturated rings. The van der Waals surface area contributed by atoms with Gasteiger partial charge in [0.15, 0.2) is 0 Å². The van der Waals surface area contributed by atoms with Crippen LogP contribution >= 0.6 is 15.9 Å². The Balaban J connectivity index is 2.16. The summed E-state index contributed by atoms with van der Waals surface area (Å²) in [6.07, 6.45) is 4.02. The highest BCUT2D eigenvalue weighted by Crippen LogP contribution is 2.48. The van der Waals surface area contributed by atoms with Gasteiger partial charge in [0.1, 0.15) is 17.4 Å².